The number of nitrogens with zero attached hydrogens (tertiary/aromatic N) is 1. The summed E-state index contributed by atoms with van der Waals surface area (Å²) in [5.41, 5.74) is 7.46. The first-order valence-electron chi connectivity index (χ1n) is 8.11. The second-order valence-electron chi connectivity index (χ2n) is 5.78. The van der Waals surface area contributed by atoms with E-state index in [1.54, 1.807) is 36.4 Å². The summed E-state index contributed by atoms with van der Waals surface area (Å²) in [5, 5.41) is 9.50. The van der Waals surface area contributed by atoms with Crippen LogP contribution in [0.2, 0.25) is 5.02 Å². The van der Waals surface area contributed by atoms with E-state index in [2.05, 4.69) is 4.98 Å². The summed E-state index contributed by atoms with van der Waals surface area (Å²) in [6.45, 7) is -0.0559. The molecule has 0 bridgehead atoms. The second kappa shape index (κ2) is 8.16. The average Bonchev–Trinajstić information content (AvgIpc) is 2.65. The number of ether oxygens (including phenoxy) is 1. The van der Waals surface area contributed by atoms with Crippen LogP contribution in [0.1, 0.15) is 16.1 Å². The Hall–Kier alpha value is -2.96. The van der Waals surface area contributed by atoms with Crippen molar-refractivity contribution in [3.8, 4) is 22.8 Å². The molecule has 0 radical (unpaired) electrons. The van der Waals surface area contributed by atoms with Gasteiger partial charge in [0.1, 0.15) is 11.4 Å². The molecule has 0 aliphatic rings. The number of aliphatic hydroxyl groups is 1. The number of carbonyl (C=O) groups is 1. The number of amides is 1. The van der Waals surface area contributed by atoms with Crippen LogP contribution >= 0.6 is 11.6 Å². The molecule has 2 aromatic carbocycles. The largest absolute Gasteiger partial charge is 0.454 e. The molecule has 1 heterocycles. The van der Waals surface area contributed by atoms with Crippen molar-refractivity contribution in [1.82, 2.24) is 4.98 Å². The molecule has 0 aliphatic heterocycles. The topological polar surface area (TPSA) is 85.4 Å². The summed E-state index contributed by atoms with van der Waals surface area (Å²) in [7, 11) is 0. The van der Waals surface area contributed by atoms with Gasteiger partial charge in [-0.1, -0.05) is 11.6 Å². The van der Waals surface area contributed by atoms with Gasteiger partial charge in [0, 0.05) is 23.3 Å². The van der Waals surface area contributed by atoms with Gasteiger partial charge in [0.2, 0.25) is 0 Å². The van der Waals surface area contributed by atoms with Gasteiger partial charge in [-0.2, -0.15) is 0 Å². The van der Waals surface area contributed by atoms with Gasteiger partial charge in [0.25, 0.3) is 5.91 Å². The van der Waals surface area contributed by atoms with Gasteiger partial charge in [0.15, 0.2) is 11.6 Å². The van der Waals surface area contributed by atoms with E-state index in [9.17, 15) is 9.18 Å². The monoisotopic (exact) mass is 386 g/mol. The summed E-state index contributed by atoms with van der Waals surface area (Å²) in [5.74, 6) is -0.726. The number of hydrogen-bond acceptors (Lipinski definition) is 4. The zero-order valence-corrected chi connectivity index (χ0v) is 14.9. The second-order valence-corrected chi connectivity index (χ2v) is 6.22. The van der Waals surface area contributed by atoms with Gasteiger partial charge < -0.3 is 15.6 Å². The Morgan fingerprint density at radius 2 is 1.89 bits per heavy atom. The van der Waals surface area contributed by atoms with Gasteiger partial charge in [-0.15, -0.1) is 0 Å². The third-order valence-electron chi connectivity index (χ3n) is 3.81. The molecule has 1 aromatic heterocycles. The number of carbonyl (C=O) groups excluding carboxylic acids is 1. The molecule has 0 unspecified atom stereocenters. The van der Waals surface area contributed by atoms with Crippen LogP contribution in [0.15, 0.2) is 54.6 Å². The number of nitrogens with two attached hydrogens (primary N) is 1. The fourth-order valence-electron chi connectivity index (χ4n) is 2.51. The highest BCUT2D eigenvalue weighted by molar-refractivity contribution is 6.30. The van der Waals surface area contributed by atoms with E-state index in [0.717, 1.165) is 11.1 Å². The van der Waals surface area contributed by atoms with Crippen LogP contribution in [0.4, 0.5) is 4.39 Å². The molecular weight excluding hydrogens is 371 g/mol. The van der Waals surface area contributed by atoms with Gasteiger partial charge >= 0.3 is 0 Å². The van der Waals surface area contributed by atoms with E-state index in [0.29, 0.717) is 22.9 Å². The number of aliphatic hydroxyl groups excluding tert-OH is 1. The maximum Gasteiger partial charge on any atom is 0.267 e. The van der Waals surface area contributed by atoms with E-state index in [-0.39, 0.29) is 18.1 Å². The maximum atomic E-state index is 13.8. The molecule has 3 rings (SSSR count). The fraction of sp³-hybridized carbons (Fsp3) is 0.100. The molecule has 5 nitrogen and oxygen atoms in total. The zero-order chi connectivity index (χ0) is 19.4. The maximum absolute atomic E-state index is 13.8. The number of hydrogen-bond donors (Lipinski definition) is 2. The lowest BCUT2D eigenvalue weighted by Gasteiger charge is -2.09. The van der Waals surface area contributed by atoms with E-state index < -0.39 is 11.7 Å². The van der Waals surface area contributed by atoms with Crippen molar-refractivity contribution in [2.45, 2.75) is 6.42 Å². The van der Waals surface area contributed by atoms with Crippen LogP contribution < -0.4 is 10.5 Å². The summed E-state index contributed by atoms with van der Waals surface area (Å²) in [6.07, 6.45) is 0.380. The molecule has 27 heavy (non-hydrogen) atoms. The van der Waals surface area contributed by atoms with Gasteiger partial charge in [-0.3, -0.25) is 4.79 Å². The van der Waals surface area contributed by atoms with Gasteiger partial charge in [0.05, 0.1) is 5.69 Å². The van der Waals surface area contributed by atoms with Crippen molar-refractivity contribution in [2.24, 2.45) is 5.73 Å². The molecule has 138 valence electrons. The minimum absolute atomic E-state index is 0.0225. The average molecular weight is 387 g/mol. The number of halogens is 2. The minimum atomic E-state index is -0.646. The Morgan fingerprint density at radius 1 is 1.15 bits per heavy atom. The van der Waals surface area contributed by atoms with E-state index in [4.69, 9.17) is 27.2 Å². The predicted octanol–water partition coefficient (Wildman–Crippen LogP) is 3.97. The minimum Gasteiger partial charge on any atom is -0.454 e. The summed E-state index contributed by atoms with van der Waals surface area (Å²) in [6, 6.07) is 14.2. The molecular formula is C20H16ClFN2O3. The standard InChI is InChI=1S/C20H16ClFN2O3/c21-14-3-6-16(22)19(11-14)27-15-4-1-13(2-5-15)17-9-12(7-8-25)10-18(24-17)20(23)26/h1-6,9-11,25H,7-8H2,(H2,23,26). The summed E-state index contributed by atoms with van der Waals surface area (Å²) >= 11 is 5.86. The highest BCUT2D eigenvalue weighted by Crippen LogP contribution is 2.29. The first-order valence-corrected chi connectivity index (χ1v) is 8.49. The Bertz CT molecular complexity index is 977. The van der Waals surface area contributed by atoms with Crippen molar-refractivity contribution in [2.75, 3.05) is 6.61 Å². The third-order valence-corrected chi connectivity index (χ3v) is 4.04. The quantitative estimate of drug-likeness (QED) is 0.671. The van der Waals surface area contributed by atoms with Crippen LogP contribution in [-0.4, -0.2) is 22.6 Å². The third kappa shape index (κ3) is 4.61. The number of aromatic nitrogens is 1. The van der Waals surface area contributed by atoms with Crippen LogP contribution in [0.5, 0.6) is 11.5 Å². The molecule has 1 amide bonds. The zero-order valence-electron chi connectivity index (χ0n) is 14.2. The molecule has 0 spiro atoms. The molecule has 0 atom stereocenters. The Balaban J connectivity index is 1.88. The number of primary amides is 1. The number of rotatable bonds is 6. The first kappa shape index (κ1) is 18.8. The van der Waals surface area contributed by atoms with Crippen molar-refractivity contribution >= 4 is 17.5 Å². The summed E-state index contributed by atoms with van der Waals surface area (Å²) in [4.78, 5) is 15.7. The van der Waals surface area contributed by atoms with E-state index >= 15 is 0 Å². The van der Waals surface area contributed by atoms with Crippen molar-refractivity contribution in [3.63, 3.8) is 0 Å². The molecule has 0 fully saturated rings. The van der Waals surface area contributed by atoms with E-state index in [1.165, 1.54) is 18.2 Å². The lowest BCUT2D eigenvalue weighted by Crippen LogP contribution is -2.14. The lowest BCUT2D eigenvalue weighted by atomic mass is 10.1. The molecule has 3 aromatic rings. The van der Waals surface area contributed by atoms with Gasteiger partial charge in [-0.25, -0.2) is 9.37 Å². The highest BCUT2D eigenvalue weighted by atomic mass is 35.5. The van der Waals surface area contributed by atoms with Crippen LogP contribution in [0.3, 0.4) is 0 Å². The Kier molecular flexibility index (Phi) is 5.69. The Morgan fingerprint density at radius 3 is 2.56 bits per heavy atom. The van der Waals surface area contributed by atoms with Crippen LogP contribution in [0.25, 0.3) is 11.3 Å². The number of benzene rings is 2. The molecule has 7 heteroatoms. The molecule has 0 aliphatic carbocycles. The SMILES string of the molecule is NC(=O)c1cc(CCO)cc(-c2ccc(Oc3cc(Cl)ccc3F)cc2)n1. The molecule has 0 saturated heterocycles. The van der Waals surface area contributed by atoms with Crippen molar-refractivity contribution in [1.29, 1.82) is 0 Å². The number of pyridine rings is 1. The van der Waals surface area contributed by atoms with Crippen molar-refractivity contribution < 1.29 is 19.0 Å². The Labute approximate surface area is 160 Å². The molecule has 0 saturated carbocycles. The van der Waals surface area contributed by atoms with E-state index in [1.807, 2.05) is 0 Å². The van der Waals surface area contributed by atoms with Crippen LogP contribution in [0, 0.1) is 5.82 Å². The molecule has 3 N–H and O–H groups in total. The fourth-order valence-corrected chi connectivity index (χ4v) is 2.67. The van der Waals surface area contributed by atoms with Crippen molar-refractivity contribution in [3.05, 3.63) is 76.7 Å². The lowest BCUT2D eigenvalue weighted by molar-refractivity contribution is 0.0995. The highest BCUT2D eigenvalue weighted by Gasteiger charge is 2.10. The van der Waals surface area contributed by atoms with Crippen LogP contribution in [-0.2, 0) is 6.42 Å². The predicted molar refractivity (Wildman–Crippen MR) is 100 cm³/mol. The summed E-state index contributed by atoms with van der Waals surface area (Å²) < 4.78 is 19.3. The normalized spacial score (nSPS) is 10.6. The first-order chi connectivity index (χ1) is 13.0. The van der Waals surface area contributed by atoms with Gasteiger partial charge in [-0.05, 0) is 60.5 Å². The smallest absolute Gasteiger partial charge is 0.267 e.